The van der Waals surface area contributed by atoms with Gasteiger partial charge in [0, 0.05) is 4.47 Å². The second-order valence-corrected chi connectivity index (χ2v) is 4.88. The Morgan fingerprint density at radius 3 is 2.53 bits per heavy atom. The third kappa shape index (κ3) is 2.73. The van der Waals surface area contributed by atoms with Crippen molar-refractivity contribution in [3.63, 3.8) is 0 Å². The minimum atomic E-state index is -0.803. The highest BCUT2D eigenvalue weighted by Crippen LogP contribution is 2.27. The third-order valence-corrected chi connectivity index (χ3v) is 3.14. The van der Waals surface area contributed by atoms with Gasteiger partial charge in [-0.15, -0.1) is 0 Å². The van der Waals surface area contributed by atoms with Crippen LogP contribution in [0.1, 0.15) is 22.8 Å². The van der Waals surface area contributed by atoms with E-state index in [2.05, 4.69) is 15.9 Å². The molecule has 0 amide bonds. The quantitative estimate of drug-likeness (QED) is 0.888. The number of aryl methyl sites for hydroxylation is 1. The predicted octanol–water partition coefficient (Wildman–Crippen LogP) is 3.98. The number of hydrogen-bond acceptors (Lipinski definition) is 1. The SMILES string of the molecule is Cc1ccccc1C(O)c1cc(F)cc(Br)c1. The molecule has 17 heavy (non-hydrogen) atoms. The molecule has 0 aliphatic carbocycles. The van der Waals surface area contributed by atoms with Crippen LogP contribution in [-0.4, -0.2) is 5.11 Å². The van der Waals surface area contributed by atoms with Crippen LogP contribution < -0.4 is 0 Å². The molecule has 0 spiro atoms. The van der Waals surface area contributed by atoms with E-state index in [9.17, 15) is 9.50 Å². The Balaban J connectivity index is 2.43. The first-order valence-corrected chi connectivity index (χ1v) is 6.07. The highest BCUT2D eigenvalue weighted by atomic mass is 79.9. The summed E-state index contributed by atoms with van der Waals surface area (Å²) < 4.78 is 13.9. The van der Waals surface area contributed by atoms with Crippen LogP contribution >= 0.6 is 15.9 Å². The number of rotatable bonds is 2. The fourth-order valence-electron chi connectivity index (χ4n) is 1.81. The standard InChI is InChI=1S/C14H12BrFO/c1-9-4-2-3-5-13(9)14(17)10-6-11(15)8-12(16)7-10/h2-8,14,17H,1H3. The first kappa shape index (κ1) is 12.3. The highest BCUT2D eigenvalue weighted by Gasteiger charge is 2.13. The molecule has 1 nitrogen and oxygen atoms in total. The Morgan fingerprint density at radius 1 is 1.18 bits per heavy atom. The molecule has 1 N–H and O–H groups in total. The summed E-state index contributed by atoms with van der Waals surface area (Å²) in [6.07, 6.45) is -0.803. The van der Waals surface area contributed by atoms with Crippen molar-refractivity contribution in [3.05, 3.63) is 69.4 Å². The van der Waals surface area contributed by atoms with E-state index in [0.29, 0.717) is 10.0 Å². The second-order valence-electron chi connectivity index (χ2n) is 3.96. The van der Waals surface area contributed by atoms with E-state index in [1.165, 1.54) is 12.1 Å². The fourth-order valence-corrected chi connectivity index (χ4v) is 2.29. The second kappa shape index (κ2) is 4.98. The normalized spacial score (nSPS) is 12.5. The lowest BCUT2D eigenvalue weighted by Crippen LogP contribution is -2.02. The largest absolute Gasteiger partial charge is 0.384 e. The molecule has 2 rings (SSSR count). The number of hydrogen-bond donors (Lipinski definition) is 1. The molecule has 0 radical (unpaired) electrons. The lowest BCUT2D eigenvalue weighted by Gasteiger charge is -2.14. The van der Waals surface area contributed by atoms with Crippen molar-refractivity contribution in [2.24, 2.45) is 0 Å². The molecule has 88 valence electrons. The van der Waals surface area contributed by atoms with E-state index in [0.717, 1.165) is 11.1 Å². The van der Waals surface area contributed by atoms with E-state index in [-0.39, 0.29) is 5.82 Å². The maximum Gasteiger partial charge on any atom is 0.124 e. The maximum absolute atomic E-state index is 13.3. The monoisotopic (exact) mass is 294 g/mol. The summed E-state index contributed by atoms with van der Waals surface area (Å²) in [5, 5.41) is 10.2. The molecule has 3 heteroatoms. The van der Waals surface area contributed by atoms with Gasteiger partial charge in [-0.2, -0.15) is 0 Å². The minimum absolute atomic E-state index is 0.359. The van der Waals surface area contributed by atoms with E-state index in [4.69, 9.17) is 0 Å². The maximum atomic E-state index is 13.3. The molecule has 0 aliphatic rings. The van der Waals surface area contributed by atoms with Gasteiger partial charge in [0.1, 0.15) is 11.9 Å². The molecule has 0 saturated carbocycles. The van der Waals surface area contributed by atoms with Gasteiger partial charge in [0.05, 0.1) is 0 Å². The molecular formula is C14H12BrFO. The van der Waals surface area contributed by atoms with Crippen LogP contribution in [-0.2, 0) is 0 Å². The van der Waals surface area contributed by atoms with Crippen molar-refractivity contribution < 1.29 is 9.50 Å². The van der Waals surface area contributed by atoms with E-state index < -0.39 is 6.10 Å². The van der Waals surface area contributed by atoms with Crippen LogP contribution in [0.25, 0.3) is 0 Å². The van der Waals surface area contributed by atoms with Crippen LogP contribution in [0.5, 0.6) is 0 Å². The van der Waals surface area contributed by atoms with Crippen molar-refractivity contribution in [2.75, 3.05) is 0 Å². The van der Waals surface area contributed by atoms with Crippen molar-refractivity contribution >= 4 is 15.9 Å². The Kier molecular flexibility index (Phi) is 3.60. The molecular weight excluding hydrogens is 283 g/mol. The Morgan fingerprint density at radius 2 is 1.88 bits per heavy atom. The molecule has 2 aromatic carbocycles. The Labute approximate surface area is 108 Å². The predicted molar refractivity (Wildman–Crippen MR) is 69.3 cm³/mol. The van der Waals surface area contributed by atoms with Crippen LogP contribution in [0.3, 0.4) is 0 Å². The molecule has 0 saturated heterocycles. The Hall–Kier alpha value is -1.19. The van der Waals surface area contributed by atoms with Crippen LogP contribution in [0.2, 0.25) is 0 Å². The van der Waals surface area contributed by atoms with Gasteiger partial charge in [0.2, 0.25) is 0 Å². The average Bonchev–Trinajstić information content (AvgIpc) is 2.27. The van der Waals surface area contributed by atoms with Gasteiger partial charge in [-0.3, -0.25) is 0 Å². The van der Waals surface area contributed by atoms with Crippen LogP contribution in [0.4, 0.5) is 4.39 Å². The molecule has 0 heterocycles. The van der Waals surface area contributed by atoms with Crippen molar-refractivity contribution in [1.82, 2.24) is 0 Å². The number of benzene rings is 2. The lowest BCUT2D eigenvalue weighted by molar-refractivity contribution is 0.219. The molecule has 0 aromatic heterocycles. The summed E-state index contributed by atoms with van der Waals surface area (Å²) in [4.78, 5) is 0. The number of halogens is 2. The summed E-state index contributed by atoms with van der Waals surface area (Å²) in [6, 6.07) is 12.0. The first-order valence-electron chi connectivity index (χ1n) is 5.27. The van der Waals surface area contributed by atoms with Gasteiger partial charge in [-0.05, 0) is 41.8 Å². The van der Waals surface area contributed by atoms with Crippen molar-refractivity contribution in [1.29, 1.82) is 0 Å². The molecule has 0 aliphatic heterocycles. The van der Waals surface area contributed by atoms with Crippen LogP contribution in [0, 0.1) is 12.7 Å². The van der Waals surface area contributed by atoms with Gasteiger partial charge in [0.15, 0.2) is 0 Å². The molecule has 0 bridgehead atoms. The Bertz CT molecular complexity index is 519. The van der Waals surface area contributed by atoms with Gasteiger partial charge >= 0.3 is 0 Å². The summed E-state index contributed by atoms with van der Waals surface area (Å²) in [5.41, 5.74) is 2.33. The van der Waals surface area contributed by atoms with E-state index in [1.54, 1.807) is 6.07 Å². The summed E-state index contributed by atoms with van der Waals surface area (Å²) in [7, 11) is 0. The number of aliphatic hydroxyl groups is 1. The van der Waals surface area contributed by atoms with Crippen molar-refractivity contribution in [3.8, 4) is 0 Å². The fraction of sp³-hybridized carbons (Fsp3) is 0.143. The van der Waals surface area contributed by atoms with Crippen LogP contribution in [0.15, 0.2) is 46.9 Å². The van der Waals surface area contributed by atoms with Gasteiger partial charge < -0.3 is 5.11 Å². The van der Waals surface area contributed by atoms with Gasteiger partial charge in [-0.25, -0.2) is 4.39 Å². The highest BCUT2D eigenvalue weighted by molar-refractivity contribution is 9.10. The first-order chi connectivity index (χ1) is 8.08. The smallest absolute Gasteiger partial charge is 0.124 e. The van der Waals surface area contributed by atoms with E-state index in [1.807, 2.05) is 31.2 Å². The van der Waals surface area contributed by atoms with Crippen molar-refractivity contribution in [2.45, 2.75) is 13.0 Å². The molecule has 2 aromatic rings. The number of aliphatic hydroxyl groups excluding tert-OH is 1. The molecule has 1 unspecified atom stereocenters. The zero-order chi connectivity index (χ0) is 12.4. The lowest BCUT2D eigenvalue weighted by atomic mass is 9.98. The minimum Gasteiger partial charge on any atom is -0.384 e. The van der Waals surface area contributed by atoms with E-state index >= 15 is 0 Å². The average molecular weight is 295 g/mol. The summed E-state index contributed by atoms with van der Waals surface area (Å²) >= 11 is 3.22. The third-order valence-electron chi connectivity index (χ3n) is 2.68. The zero-order valence-electron chi connectivity index (χ0n) is 9.32. The molecule has 0 fully saturated rings. The topological polar surface area (TPSA) is 20.2 Å². The summed E-state index contributed by atoms with van der Waals surface area (Å²) in [5.74, 6) is -0.359. The summed E-state index contributed by atoms with van der Waals surface area (Å²) in [6.45, 7) is 1.92. The van der Waals surface area contributed by atoms with Gasteiger partial charge in [-0.1, -0.05) is 40.2 Å². The zero-order valence-corrected chi connectivity index (χ0v) is 10.9. The molecule has 1 atom stereocenters. The van der Waals surface area contributed by atoms with Gasteiger partial charge in [0.25, 0.3) is 0 Å².